The molecule has 0 atom stereocenters. The van der Waals surface area contributed by atoms with Gasteiger partial charge in [-0.2, -0.15) is 0 Å². The Kier molecular flexibility index (Phi) is 225. The molecule has 0 spiro atoms. The van der Waals surface area contributed by atoms with Crippen LogP contribution in [0.4, 0.5) is 0 Å². The van der Waals surface area contributed by atoms with Gasteiger partial charge >= 0.3 is 67.1 Å². The second kappa shape index (κ2) is 39.3. The van der Waals surface area contributed by atoms with E-state index < -0.39 is 0 Å². The van der Waals surface area contributed by atoms with Gasteiger partial charge in [0.25, 0.3) is 0 Å². The first-order valence-corrected chi connectivity index (χ1v) is 1.37. The molecule has 1 N–H and O–H groups in total. The van der Waals surface area contributed by atoms with E-state index in [1.165, 1.54) is 0 Å². The van der Waals surface area contributed by atoms with Crippen LogP contribution in [0.15, 0.2) is 0 Å². The van der Waals surface area contributed by atoms with E-state index >= 15 is 0 Å². The molecule has 0 rings (SSSR count). The van der Waals surface area contributed by atoms with E-state index in [-0.39, 0.29) is 47.0 Å². The fourth-order valence-corrected chi connectivity index (χ4v) is 0. The standard InChI is InChI=1S/Cu.H2O.O.Sb.Sn.3H/h;1H2;;;;;;/q+1;;;;;;;/p-1. The van der Waals surface area contributed by atoms with Crippen molar-refractivity contribution in [2.75, 3.05) is 0 Å². The monoisotopic (exact) mass is 340 g/mol. The second-order valence-electron chi connectivity index (χ2n) is 0. The van der Waals surface area contributed by atoms with Crippen LogP contribution in [0.3, 0.4) is 0 Å². The van der Waals surface area contributed by atoms with Crippen LogP contribution in [0, 0.1) is 0 Å². The van der Waals surface area contributed by atoms with Crippen LogP contribution in [-0.4, -0.2) is 52.4 Å². The van der Waals surface area contributed by atoms with Gasteiger partial charge in [0.15, 0.2) is 0 Å². The van der Waals surface area contributed by atoms with Crippen molar-refractivity contribution in [1.82, 2.24) is 0 Å². The fourth-order valence-electron chi connectivity index (χ4n) is 0. The molecule has 0 aromatic heterocycles. The second-order valence-corrected chi connectivity index (χ2v) is 0. The summed E-state index contributed by atoms with van der Waals surface area (Å²) in [5.41, 5.74) is 0. The molecule has 2 radical (unpaired) electrons. The molecule has 0 fully saturated rings. The molecule has 0 aliphatic rings. The van der Waals surface area contributed by atoms with Crippen molar-refractivity contribution >= 4 is 46.9 Å². The quantitative estimate of drug-likeness (QED) is 0.486. The van der Waals surface area contributed by atoms with Gasteiger partial charge in [-0.05, 0) is 0 Å². The van der Waals surface area contributed by atoms with Crippen molar-refractivity contribution in [2.24, 2.45) is 0 Å². The maximum atomic E-state index is 8.34. The molecule has 36 valence electrons. The molecule has 0 aromatic rings. The molecule has 0 aliphatic heterocycles. The summed E-state index contributed by atoms with van der Waals surface area (Å²) in [5.74, 6) is 0. The average Bonchev–Trinajstić information content (AvgIpc) is 1.00. The summed E-state index contributed by atoms with van der Waals surface area (Å²) in [5, 5.41) is 0. The summed E-state index contributed by atoms with van der Waals surface area (Å²) in [6.45, 7) is 0. The molecule has 5 heteroatoms. The summed E-state index contributed by atoms with van der Waals surface area (Å²) in [7, 11) is 0. The van der Waals surface area contributed by atoms with Gasteiger partial charge in [0, 0.05) is 0 Å². The van der Waals surface area contributed by atoms with E-state index in [1.54, 1.807) is 0 Å². The number of hydrogen-bond donors (Lipinski definition) is 0. The predicted octanol–water partition coefficient (Wildman–Crippen LogP) is -1.86. The molecule has 0 unspecified atom stereocenters. The molecule has 2 nitrogen and oxygen atoms in total. The Balaban J connectivity index is -0.00000000167. The first-order chi connectivity index (χ1) is 1.00. The minimum atomic E-state index is 0. The van der Waals surface area contributed by atoms with E-state index in [1.807, 2.05) is 0 Å². The van der Waals surface area contributed by atoms with Gasteiger partial charge in [0.05, 0.1) is 0 Å². The normalized spacial score (nSPS) is 0.800. The molecule has 0 heterocycles. The SMILES string of the molecule is [Cu+].[OH-].[O]=[Sn].[SbH3]. The van der Waals surface area contributed by atoms with E-state index in [2.05, 4.69) is 0 Å². The first kappa shape index (κ1) is 28.6. The molecule has 0 aliphatic carbocycles. The Morgan fingerprint density at radius 2 is 1.20 bits per heavy atom. The zero-order valence-electron chi connectivity index (χ0n) is 2.36. The topological polar surface area (TPSA) is 47.1 Å². The van der Waals surface area contributed by atoms with Crippen LogP contribution in [-0.2, 0) is 20.1 Å². The Morgan fingerprint density at radius 3 is 1.20 bits per heavy atom. The van der Waals surface area contributed by atoms with Crippen molar-refractivity contribution in [1.29, 1.82) is 0 Å². The molecule has 0 saturated heterocycles. The van der Waals surface area contributed by atoms with Crippen LogP contribution in [0.1, 0.15) is 0 Å². The summed E-state index contributed by atoms with van der Waals surface area (Å²) in [4.78, 5) is 0. The summed E-state index contributed by atoms with van der Waals surface area (Å²) in [6, 6.07) is 0. The third kappa shape index (κ3) is 24.9. The Bertz CT molecular complexity index is 9.61. The van der Waals surface area contributed by atoms with Crippen LogP contribution in [0.25, 0.3) is 0 Å². The van der Waals surface area contributed by atoms with Gasteiger partial charge < -0.3 is 5.48 Å². The van der Waals surface area contributed by atoms with Gasteiger partial charge in [-0.25, -0.2) is 0 Å². The van der Waals surface area contributed by atoms with Crippen molar-refractivity contribution in [2.45, 2.75) is 0 Å². The molecule has 5 heavy (non-hydrogen) atoms. The van der Waals surface area contributed by atoms with Gasteiger partial charge in [0.2, 0.25) is 0 Å². The van der Waals surface area contributed by atoms with Gasteiger partial charge in [-0.1, -0.05) is 0 Å². The molecular formula is H4CuO2SbSn. The molecule has 0 saturated carbocycles. The van der Waals surface area contributed by atoms with E-state index in [9.17, 15) is 0 Å². The predicted molar refractivity (Wildman–Crippen MR) is 18.3 cm³/mol. The number of hydrogen-bond acceptors (Lipinski definition) is 2. The Labute approximate surface area is 71.8 Å². The third-order valence-corrected chi connectivity index (χ3v) is 0. The third-order valence-electron chi connectivity index (χ3n) is 0. The summed E-state index contributed by atoms with van der Waals surface area (Å²) >= 11 is 0.300. The first-order valence-electron chi connectivity index (χ1n) is 0.204. The summed E-state index contributed by atoms with van der Waals surface area (Å²) < 4.78 is 8.34. The minimum absolute atomic E-state index is 0. The fraction of sp³-hybridized carbons (Fsp3) is 0. The average molecular weight is 340 g/mol. The van der Waals surface area contributed by atoms with Crippen molar-refractivity contribution in [3.8, 4) is 0 Å². The van der Waals surface area contributed by atoms with Crippen LogP contribution in [0.5, 0.6) is 0 Å². The zero-order valence-corrected chi connectivity index (χ0v) is 10.2. The van der Waals surface area contributed by atoms with Gasteiger partial charge in [0.1, 0.15) is 0 Å². The van der Waals surface area contributed by atoms with E-state index in [0.717, 1.165) is 0 Å². The molecule has 0 amide bonds. The number of rotatable bonds is 0. The molecule has 0 bridgehead atoms. The molecular weight excluding hydrogens is 336 g/mol. The van der Waals surface area contributed by atoms with Gasteiger partial charge in [-0.15, -0.1) is 0 Å². The van der Waals surface area contributed by atoms with Crippen molar-refractivity contribution in [3.63, 3.8) is 0 Å². The van der Waals surface area contributed by atoms with Crippen LogP contribution in [0.2, 0.25) is 0 Å². The zero-order chi connectivity index (χ0) is 2.00. The van der Waals surface area contributed by atoms with E-state index in [0.29, 0.717) is 22.5 Å². The van der Waals surface area contributed by atoms with Crippen molar-refractivity contribution < 1.29 is 25.6 Å². The molecule has 0 aromatic carbocycles. The van der Waals surface area contributed by atoms with Crippen molar-refractivity contribution in [3.05, 3.63) is 0 Å². The van der Waals surface area contributed by atoms with Crippen LogP contribution < -0.4 is 0 Å². The Morgan fingerprint density at radius 1 is 1.20 bits per heavy atom. The Hall–Kier alpha value is 1.90. The van der Waals surface area contributed by atoms with Gasteiger partial charge in [-0.3, -0.25) is 0 Å². The van der Waals surface area contributed by atoms with Crippen LogP contribution >= 0.6 is 0 Å². The van der Waals surface area contributed by atoms with E-state index in [4.69, 9.17) is 3.08 Å². The maximum absolute atomic E-state index is 8.34. The summed E-state index contributed by atoms with van der Waals surface area (Å²) in [6.07, 6.45) is 0.